The maximum absolute atomic E-state index is 10.4. The van der Waals surface area contributed by atoms with Gasteiger partial charge in [-0.3, -0.25) is 0 Å². The molecule has 0 atom stereocenters. The molecule has 3 heteroatoms. The van der Waals surface area contributed by atoms with Crippen LogP contribution in [-0.4, -0.2) is 17.3 Å². The van der Waals surface area contributed by atoms with E-state index in [9.17, 15) is 10.2 Å². The minimum absolute atomic E-state index is 0.0542. The van der Waals surface area contributed by atoms with Gasteiger partial charge in [0.2, 0.25) is 0 Å². The third-order valence-corrected chi connectivity index (χ3v) is 2.97. The Hall–Kier alpha value is -1.90. The molecule has 20 heavy (non-hydrogen) atoms. The second-order valence-electron chi connectivity index (χ2n) is 5.43. The summed E-state index contributed by atoms with van der Waals surface area (Å²) in [4.78, 5) is 0. The summed E-state index contributed by atoms with van der Waals surface area (Å²) in [6.45, 7) is 8.09. The molecule has 1 aromatic rings. The van der Waals surface area contributed by atoms with Crippen molar-refractivity contribution in [1.29, 1.82) is 0 Å². The van der Waals surface area contributed by atoms with Crippen LogP contribution in [0.15, 0.2) is 23.8 Å². The standard InChI is InChI=1S/C17H24O3/c1-11(2)6-8-13-15(18)10-16(20-5)14(17(13)19)9-7-12(3)4/h6-7,9-10,12,18-19H,8H2,1-5H3/b9-7-. The molecule has 0 unspecified atom stereocenters. The summed E-state index contributed by atoms with van der Waals surface area (Å²) in [7, 11) is 1.52. The van der Waals surface area contributed by atoms with Gasteiger partial charge < -0.3 is 14.9 Å². The van der Waals surface area contributed by atoms with Gasteiger partial charge in [0.1, 0.15) is 17.2 Å². The Morgan fingerprint density at radius 1 is 1.30 bits per heavy atom. The minimum atomic E-state index is 0.0542. The highest BCUT2D eigenvalue weighted by molar-refractivity contribution is 5.69. The molecule has 0 aliphatic rings. The number of aromatic hydroxyl groups is 2. The normalized spacial score (nSPS) is 11.1. The molecule has 3 nitrogen and oxygen atoms in total. The molecule has 1 rings (SSSR count). The van der Waals surface area contributed by atoms with E-state index in [-0.39, 0.29) is 11.5 Å². The van der Waals surface area contributed by atoms with Gasteiger partial charge in [-0.15, -0.1) is 0 Å². The molecule has 0 amide bonds. The maximum atomic E-state index is 10.4. The monoisotopic (exact) mass is 276 g/mol. The topological polar surface area (TPSA) is 49.7 Å². The molecule has 0 aromatic heterocycles. The minimum Gasteiger partial charge on any atom is -0.507 e. The van der Waals surface area contributed by atoms with E-state index < -0.39 is 0 Å². The summed E-state index contributed by atoms with van der Waals surface area (Å²) in [5.41, 5.74) is 2.27. The quantitative estimate of drug-likeness (QED) is 0.789. The first-order valence-corrected chi connectivity index (χ1v) is 6.80. The first-order chi connectivity index (χ1) is 9.36. The van der Waals surface area contributed by atoms with Crippen molar-refractivity contribution in [2.24, 2.45) is 5.92 Å². The van der Waals surface area contributed by atoms with Gasteiger partial charge in [-0.1, -0.05) is 37.6 Å². The number of phenolic OH excluding ortho intramolecular Hbond substituents is 2. The number of hydrogen-bond acceptors (Lipinski definition) is 3. The van der Waals surface area contributed by atoms with Crippen molar-refractivity contribution in [1.82, 2.24) is 0 Å². The lowest BCUT2D eigenvalue weighted by molar-refractivity contribution is 0.393. The van der Waals surface area contributed by atoms with Crippen molar-refractivity contribution < 1.29 is 14.9 Å². The first-order valence-electron chi connectivity index (χ1n) is 6.80. The van der Waals surface area contributed by atoms with Crippen molar-refractivity contribution in [3.05, 3.63) is 34.9 Å². The van der Waals surface area contributed by atoms with Crippen LogP contribution in [0.1, 0.15) is 38.8 Å². The Kier molecular flexibility index (Phi) is 5.68. The molecule has 0 aliphatic carbocycles. The largest absolute Gasteiger partial charge is 0.507 e. The van der Waals surface area contributed by atoms with Crippen molar-refractivity contribution in [2.45, 2.75) is 34.1 Å². The van der Waals surface area contributed by atoms with Gasteiger partial charge in [0, 0.05) is 11.6 Å². The zero-order chi connectivity index (χ0) is 15.3. The zero-order valence-electron chi connectivity index (χ0n) is 12.9. The molecule has 1 aromatic carbocycles. The Bertz CT molecular complexity index is 522. The zero-order valence-corrected chi connectivity index (χ0v) is 12.9. The van der Waals surface area contributed by atoms with Crippen LogP contribution in [0.25, 0.3) is 6.08 Å². The van der Waals surface area contributed by atoms with Crippen LogP contribution in [0.3, 0.4) is 0 Å². The number of phenols is 2. The maximum Gasteiger partial charge on any atom is 0.133 e. The summed E-state index contributed by atoms with van der Waals surface area (Å²) < 4.78 is 5.23. The van der Waals surface area contributed by atoms with Gasteiger partial charge in [0.15, 0.2) is 0 Å². The van der Waals surface area contributed by atoms with Crippen LogP contribution in [0.2, 0.25) is 0 Å². The fourth-order valence-corrected chi connectivity index (χ4v) is 1.82. The molecular weight excluding hydrogens is 252 g/mol. The predicted molar refractivity (Wildman–Crippen MR) is 83.3 cm³/mol. The average Bonchev–Trinajstić information content (AvgIpc) is 2.36. The fraction of sp³-hybridized carbons (Fsp3) is 0.412. The predicted octanol–water partition coefficient (Wildman–Crippen LogP) is 4.28. The lowest BCUT2D eigenvalue weighted by Crippen LogP contribution is -1.94. The Morgan fingerprint density at radius 3 is 2.45 bits per heavy atom. The van der Waals surface area contributed by atoms with Crippen LogP contribution < -0.4 is 4.74 Å². The van der Waals surface area contributed by atoms with Crippen LogP contribution in [0, 0.1) is 5.92 Å². The molecule has 0 aliphatic heterocycles. The summed E-state index contributed by atoms with van der Waals surface area (Å²) in [5.74, 6) is 0.974. The molecule has 0 bridgehead atoms. The van der Waals surface area contributed by atoms with Crippen molar-refractivity contribution >= 4 is 6.08 Å². The van der Waals surface area contributed by atoms with E-state index >= 15 is 0 Å². The van der Waals surface area contributed by atoms with Crippen LogP contribution in [0.5, 0.6) is 17.2 Å². The second-order valence-corrected chi connectivity index (χ2v) is 5.43. The molecule has 0 saturated heterocycles. The van der Waals surface area contributed by atoms with Crippen LogP contribution in [-0.2, 0) is 6.42 Å². The number of ether oxygens (including phenoxy) is 1. The van der Waals surface area contributed by atoms with E-state index in [1.54, 1.807) is 6.07 Å². The lowest BCUT2D eigenvalue weighted by atomic mass is 10.0. The van der Waals surface area contributed by atoms with E-state index in [1.807, 2.05) is 32.1 Å². The van der Waals surface area contributed by atoms with Gasteiger partial charge in [-0.2, -0.15) is 0 Å². The Balaban J connectivity index is 3.33. The van der Waals surface area contributed by atoms with Crippen LogP contribution in [0.4, 0.5) is 0 Å². The highest BCUT2D eigenvalue weighted by Crippen LogP contribution is 2.39. The molecule has 0 spiro atoms. The van der Waals surface area contributed by atoms with Crippen molar-refractivity contribution in [2.75, 3.05) is 7.11 Å². The van der Waals surface area contributed by atoms with Gasteiger partial charge >= 0.3 is 0 Å². The molecule has 110 valence electrons. The lowest BCUT2D eigenvalue weighted by Gasteiger charge is -2.13. The van der Waals surface area contributed by atoms with E-state index in [1.165, 1.54) is 7.11 Å². The van der Waals surface area contributed by atoms with E-state index in [0.717, 1.165) is 5.57 Å². The van der Waals surface area contributed by atoms with E-state index in [2.05, 4.69) is 13.8 Å². The summed E-state index contributed by atoms with van der Waals surface area (Å²) in [5, 5.41) is 20.4. The highest BCUT2D eigenvalue weighted by Gasteiger charge is 2.15. The fourth-order valence-electron chi connectivity index (χ4n) is 1.82. The number of rotatable bonds is 5. The molecule has 0 radical (unpaired) electrons. The second kappa shape index (κ2) is 7.04. The smallest absolute Gasteiger partial charge is 0.133 e. The molecular formula is C17H24O3. The van der Waals surface area contributed by atoms with Gasteiger partial charge in [0.25, 0.3) is 0 Å². The third kappa shape index (κ3) is 4.05. The SMILES string of the molecule is COc1cc(O)c(CC=C(C)C)c(O)c1/C=C\C(C)C. The number of methoxy groups -OCH3 is 1. The third-order valence-electron chi connectivity index (χ3n) is 2.97. The number of hydrogen-bond donors (Lipinski definition) is 2. The highest BCUT2D eigenvalue weighted by atomic mass is 16.5. The average molecular weight is 276 g/mol. The van der Waals surface area contributed by atoms with Gasteiger partial charge in [0.05, 0.1) is 12.7 Å². The number of benzene rings is 1. The Morgan fingerprint density at radius 2 is 1.95 bits per heavy atom. The van der Waals surface area contributed by atoms with E-state index in [0.29, 0.717) is 29.2 Å². The van der Waals surface area contributed by atoms with Crippen molar-refractivity contribution in [3.63, 3.8) is 0 Å². The molecule has 0 fully saturated rings. The molecule has 0 heterocycles. The molecule has 2 N–H and O–H groups in total. The molecule has 0 saturated carbocycles. The summed E-state index contributed by atoms with van der Waals surface area (Å²) >= 11 is 0. The van der Waals surface area contributed by atoms with Gasteiger partial charge in [-0.25, -0.2) is 0 Å². The van der Waals surface area contributed by atoms with E-state index in [4.69, 9.17) is 4.74 Å². The number of allylic oxidation sites excluding steroid dienone is 3. The van der Waals surface area contributed by atoms with Gasteiger partial charge in [-0.05, 0) is 26.2 Å². The van der Waals surface area contributed by atoms with Crippen LogP contribution >= 0.6 is 0 Å². The van der Waals surface area contributed by atoms with Crippen molar-refractivity contribution in [3.8, 4) is 17.2 Å². The summed E-state index contributed by atoms with van der Waals surface area (Å²) in [6.07, 6.45) is 6.29. The Labute approximate surface area is 121 Å². The first kappa shape index (κ1) is 16.2. The summed E-state index contributed by atoms with van der Waals surface area (Å²) in [6, 6.07) is 1.55.